The second-order valence-electron chi connectivity index (χ2n) is 7.78. The first kappa shape index (κ1) is 21.1. The Morgan fingerprint density at radius 2 is 1.80 bits per heavy atom. The Morgan fingerprint density at radius 1 is 1.07 bits per heavy atom. The lowest BCUT2D eigenvalue weighted by atomic mass is 10.0. The number of hydrogen-bond acceptors (Lipinski definition) is 6. The average molecular weight is 436 g/mol. The molecule has 0 saturated carbocycles. The first-order chi connectivity index (χ1) is 14.4. The van der Waals surface area contributed by atoms with Crippen LogP contribution in [0.4, 0.5) is 19.0 Å². The second kappa shape index (κ2) is 8.92. The predicted molar refractivity (Wildman–Crippen MR) is 110 cm³/mol. The number of piperidine rings is 1. The van der Waals surface area contributed by atoms with Gasteiger partial charge in [0.15, 0.2) is 0 Å². The zero-order valence-electron chi connectivity index (χ0n) is 16.6. The maximum Gasteiger partial charge on any atom is 0.419 e. The molecule has 2 aromatic rings. The normalized spacial score (nSPS) is 19.7. The van der Waals surface area contributed by atoms with Crippen LogP contribution in [0.3, 0.4) is 0 Å². The van der Waals surface area contributed by atoms with Gasteiger partial charge in [-0.2, -0.15) is 18.4 Å². The van der Waals surface area contributed by atoms with Gasteiger partial charge in [0.05, 0.1) is 5.56 Å². The summed E-state index contributed by atoms with van der Waals surface area (Å²) in [5, 5.41) is 8.96. The van der Waals surface area contributed by atoms with Gasteiger partial charge >= 0.3 is 6.18 Å². The zero-order chi connectivity index (χ0) is 21.1. The van der Waals surface area contributed by atoms with Crippen molar-refractivity contribution in [2.75, 3.05) is 44.2 Å². The number of rotatable bonds is 4. The fourth-order valence-electron chi connectivity index (χ4n) is 4.36. The van der Waals surface area contributed by atoms with Gasteiger partial charge in [-0.3, -0.25) is 9.80 Å². The zero-order valence-corrected chi connectivity index (χ0v) is 17.4. The van der Waals surface area contributed by atoms with E-state index in [0.717, 1.165) is 56.5 Å². The number of aromatic nitrogens is 1. The van der Waals surface area contributed by atoms with Crippen molar-refractivity contribution in [1.82, 2.24) is 14.8 Å². The summed E-state index contributed by atoms with van der Waals surface area (Å²) in [6.07, 6.45) is -0.828. The lowest BCUT2D eigenvalue weighted by molar-refractivity contribution is -0.137. The summed E-state index contributed by atoms with van der Waals surface area (Å²) in [7, 11) is 0. The van der Waals surface area contributed by atoms with Gasteiger partial charge in [0.25, 0.3) is 0 Å². The Bertz CT molecular complexity index is 891. The molecule has 0 radical (unpaired) electrons. The number of halogens is 3. The van der Waals surface area contributed by atoms with Gasteiger partial charge in [0.1, 0.15) is 16.8 Å². The summed E-state index contributed by atoms with van der Waals surface area (Å²) in [6.45, 7) is 5.53. The van der Waals surface area contributed by atoms with Crippen LogP contribution in [-0.2, 0) is 12.7 Å². The smallest absolute Gasteiger partial charge is 0.354 e. The van der Waals surface area contributed by atoms with Crippen LogP contribution in [0, 0.1) is 11.3 Å². The van der Waals surface area contributed by atoms with Gasteiger partial charge in [-0.05, 0) is 37.1 Å². The Kier molecular flexibility index (Phi) is 6.27. The van der Waals surface area contributed by atoms with Gasteiger partial charge in [-0.15, -0.1) is 11.3 Å². The second-order valence-corrected chi connectivity index (χ2v) is 8.95. The standard InChI is InChI=1S/C21H24F3N5S/c22-21(23,24)19-2-1-7-26-20(19)29-12-10-28(11-13-29)16-5-8-27(9-6-16)15-18-4-3-17(14-25)30-18/h1-4,7,16H,5-6,8-13,15H2. The molecular weight excluding hydrogens is 411 g/mol. The molecule has 9 heteroatoms. The van der Waals surface area contributed by atoms with Crippen LogP contribution in [0.5, 0.6) is 0 Å². The first-order valence-electron chi connectivity index (χ1n) is 10.2. The maximum absolute atomic E-state index is 13.3. The molecule has 0 bridgehead atoms. The molecule has 2 saturated heterocycles. The third-order valence-electron chi connectivity index (χ3n) is 5.93. The fourth-order valence-corrected chi connectivity index (χ4v) is 5.20. The van der Waals surface area contributed by atoms with Crippen molar-refractivity contribution in [3.8, 4) is 6.07 Å². The van der Waals surface area contributed by atoms with Crippen molar-refractivity contribution < 1.29 is 13.2 Å². The highest BCUT2D eigenvalue weighted by atomic mass is 32.1. The van der Waals surface area contributed by atoms with E-state index in [-0.39, 0.29) is 5.82 Å². The summed E-state index contributed by atoms with van der Waals surface area (Å²) in [5.74, 6) is 0.0483. The Balaban J connectivity index is 1.28. The van der Waals surface area contributed by atoms with Crippen LogP contribution < -0.4 is 4.90 Å². The molecule has 0 atom stereocenters. The summed E-state index contributed by atoms with van der Waals surface area (Å²) < 4.78 is 39.9. The molecule has 160 valence electrons. The van der Waals surface area contributed by atoms with Gasteiger partial charge in [0, 0.05) is 62.9 Å². The summed E-state index contributed by atoms with van der Waals surface area (Å²) >= 11 is 1.55. The minimum atomic E-state index is -4.38. The van der Waals surface area contributed by atoms with E-state index in [9.17, 15) is 13.2 Å². The van der Waals surface area contributed by atoms with Crippen molar-refractivity contribution in [3.63, 3.8) is 0 Å². The van der Waals surface area contributed by atoms with Gasteiger partial charge < -0.3 is 4.90 Å². The molecule has 4 rings (SSSR count). The fraction of sp³-hybridized carbons (Fsp3) is 0.524. The number of piperazine rings is 1. The number of anilines is 1. The molecule has 0 aliphatic carbocycles. The van der Waals surface area contributed by atoms with Crippen molar-refractivity contribution in [2.45, 2.75) is 31.6 Å². The molecule has 0 amide bonds. The van der Waals surface area contributed by atoms with Gasteiger partial charge in [0.2, 0.25) is 0 Å². The van der Waals surface area contributed by atoms with Crippen LogP contribution in [0.25, 0.3) is 0 Å². The SMILES string of the molecule is N#Cc1ccc(CN2CCC(N3CCN(c4ncccc4C(F)(F)F)CC3)CC2)s1. The van der Waals surface area contributed by atoms with Crippen LogP contribution >= 0.6 is 11.3 Å². The molecule has 2 fully saturated rings. The Hall–Kier alpha value is -2.15. The van der Waals surface area contributed by atoms with E-state index < -0.39 is 11.7 Å². The average Bonchev–Trinajstić information content (AvgIpc) is 3.21. The maximum atomic E-state index is 13.3. The quantitative estimate of drug-likeness (QED) is 0.731. The molecule has 0 aromatic carbocycles. The number of nitrogens with zero attached hydrogens (tertiary/aromatic N) is 5. The minimum absolute atomic E-state index is 0.0483. The van der Waals surface area contributed by atoms with E-state index in [1.165, 1.54) is 17.1 Å². The molecule has 0 N–H and O–H groups in total. The third kappa shape index (κ3) is 4.77. The monoisotopic (exact) mass is 435 g/mol. The van der Waals surface area contributed by atoms with Gasteiger partial charge in [-0.25, -0.2) is 4.98 Å². The number of hydrogen-bond donors (Lipinski definition) is 0. The molecular formula is C21H24F3N5S. The van der Waals surface area contributed by atoms with E-state index in [1.807, 2.05) is 12.1 Å². The highest BCUT2D eigenvalue weighted by molar-refractivity contribution is 7.12. The van der Waals surface area contributed by atoms with Crippen molar-refractivity contribution in [1.29, 1.82) is 5.26 Å². The Labute approximate surface area is 178 Å². The number of nitriles is 1. The number of alkyl halides is 3. The third-order valence-corrected chi connectivity index (χ3v) is 6.91. The van der Waals surface area contributed by atoms with E-state index in [2.05, 4.69) is 20.9 Å². The van der Waals surface area contributed by atoms with E-state index in [0.29, 0.717) is 19.1 Å². The predicted octanol–water partition coefficient (Wildman–Crippen LogP) is 3.82. The highest BCUT2D eigenvalue weighted by Crippen LogP contribution is 2.35. The number of thiophene rings is 1. The van der Waals surface area contributed by atoms with Crippen LogP contribution in [0.15, 0.2) is 30.5 Å². The van der Waals surface area contributed by atoms with E-state index in [4.69, 9.17) is 5.26 Å². The molecule has 2 aromatic heterocycles. The topological polar surface area (TPSA) is 46.4 Å². The highest BCUT2D eigenvalue weighted by Gasteiger charge is 2.37. The summed E-state index contributed by atoms with van der Waals surface area (Å²) in [4.78, 5) is 12.6. The lowest BCUT2D eigenvalue weighted by Crippen LogP contribution is -2.53. The largest absolute Gasteiger partial charge is 0.419 e. The van der Waals surface area contributed by atoms with Crippen molar-refractivity contribution >= 4 is 17.2 Å². The van der Waals surface area contributed by atoms with Crippen molar-refractivity contribution in [2.24, 2.45) is 0 Å². The molecule has 2 aliphatic heterocycles. The van der Waals surface area contributed by atoms with Crippen molar-refractivity contribution in [3.05, 3.63) is 45.8 Å². The van der Waals surface area contributed by atoms with E-state index in [1.54, 1.807) is 16.2 Å². The number of likely N-dealkylation sites (tertiary alicyclic amines) is 1. The molecule has 0 spiro atoms. The van der Waals surface area contributed by atoms with Crippen LogP contribution in [0.2, 0.25) is 0 Å². The molecule has 2 aliphatic rings. The van der Waals surface area contributed by atoms with Crippen LogP contribution in [-0.4, -0.2) is 60.1 Å². The first-order valence-corrected chi connectivity index (χ1v) is 11.0. The number of pyridine rings is 1. The van der Waals surface area contributed by atoms with E-state index >= 15 is 0 Å². The van der Waals surface area contributed by atoms with Gasteiger partial charge in [-0.1, -0.05) is 0 Å². The molecule has 4 heterocycles. The Morgan fingerprint density at radius 3 is 2.43 bits per heavy atom. The summed E-state index contributed by atoms with van der Waals surface area (Å²) in [5.41, 5.74) is -0.653. The lowest BCUT2D eigenvalue weighted by Gasteiger charge is -2.43. The molecule has 5 nitrogen and oxygen atoms in total. The summed E-state index contributed by atoms with van der Waals surface area (Å²) in [6, 6.07) is 9.01. The molecule has 30 heavy (non-hydrogen) atoms. The minimum Gasteiger partial charge on any atom is -0.354 e. The van der Waals surface area contributed by atoms with Crippen LogP contribution in [0.1, 0.15) is 28.2 Å². The molecule has 0 unspecified atom stereocenters.